The van der Waals surface area contributed by atoms with Gasteiger partial charge in [-0.05, 0) is 57.6 Å². The smallest absolute Gasteiger partial charge is 0.0519 e. The number of rotatable bonds is 2. The third-order valence-electron chi connectivity index (χ3n) is 2.90. The van der Waals surface area contributed by atoms with E-state index < -0.39 is 0 Å². The van der Waals surface area contributed by atoms with E-state index in [0.717, 1.165) is 11.4 Å². The van der Waals surface area contributed by atoms with Crippen LogP contribution in [0.3, 0.4) is 0 Å². The molecule has 0 saturated carbocycles. The van der Waals surface area contributed by atoms with Crippen LogP contribution in [0.4, 0.5) is 11.4 Å². The number of hydrogen-bond acceptors (Lipinski definition) is 1. The molecule has 0 atom stereocenters. The third-order valence-corrected chi connectivity index (χ3v) is 3.84. The average molecular weight is 345 g/mol. The van der Waals surface area contributed by atoms with Gasteiger partial charge in [-0.3, -0.25) is 0 Å². The minimum Gasteiger partial charge on any atom is -0.355 e. The van der Waals surface area contributed by atoms with Gasteiger partial charge in [0.25, 0.3) is 0 Å². The topological polar surface area (TPSA) is 12.0 Å². The summed E-state index contributed by atoms with van der Waals surface area (Å²) >= 11 is 2.34. The highest BCUT2D eigenvalue weighted by atomic mass is 127. The molecule has 2 heteroatoms. The van der Waals surface area contributed by atoms with Crippen LogP contribution in [0, 0.1) is 3.57 Å². The zero-order valence-corrected chi connectivity index (χ0v) is 11.9. The highest BCUT2D eigenvalue weighted by molar-refractivity contribution is 14.1. The highest BCUT2D eigenvalue weighted by Crippen LogP contribution is 2.25. The molecule has 0 aliphatic rings. The van der Waals surface area contributed by atoms with E-state index in [9.17, 15) is 0 Å². The van der Waals surface area contributed by atoms with E-state index in [4.69, 9.17) is 0 Å². The van der Waals surface area contributed by atoms with Crippen LogP contribution in [0.1, 0.15) is 0 Å². The average Bonchev–Trinajstić information content (AvgIpc) is 2.41. The van der Waals surface area contributed by atoms with Crippen LogP contribution in [0.2, 0.25) is 0 Å². The van der Waals surface area contributed by atoms with Crippen molar-refractivity contribution in [1.82, 2.24) is 0 Å². The second-order valence-electron chi connectivity index (χ2n) is 4.17. The SMILES string of the molecule is Ic1ccccc1Nc1ccc2ccccc2c1. The van der Waals surface area contributed by atoms with Gasteiger partial charge in [0, 0.05) is 9.26 Å². The van der Waals surface area contributed by atoms with Crippen molar-refractivity contribution in [2.24, 2.45) is 0 Å². The number of nitrogens with one attached hydrogen (secondary N) is 1. The Morgan fingerprint density at radius 3 is 2.28 bits per heavy atom. The van der Waals surface area contributed by atoms with E-state index in [0.29, 0.717) is 0 Å². The van der Waals surface area contributed by atoms with Gasteiger partial charge in [-0.15, -0.1) is 0 Å². The Kier molecular flexibility index (Phi) is 3.19. The quantitative estimate of drug-likeness (QED) is 0.631. The molecule has 3 aromatic rings. The van der Waals surface area contributed by atoms with Gasteiger partial charge in [0.15, 0.2) is 0 Å². The molecule has 0 aliphatic carbocycles. The lowest BCUT2D eigenvalue weighted by molar-refractivity contribution is 1.53. The Morgan fingerprint density at radius 2 is 1.44 bits per heavy atom. The molecule has 0 saturated heterocycles. The van der Waals surface area contributed by atoms with Gasteiger partial charge in [-0.2, -0.15) is 0 Å². The molecule has 0 heterocycles. The molecule has 0 unspecified atom stereocenters. The largest absolute Gasteiger partial charge is 0.355 e. The number of hydrogen-bond donors (Lipinski definition) is 1. The summed E-state index contributed by atoms with van der Waals surface area (Å²) in [6, 6.07) is 23.1. The zero-order chi connectivity index (χ0) is 12.4. The normalized spacial score (nSPS) is 10.5. The molecule has 3 aromatic carbocycles. The minimum atomic E-state index is 1.12. The van der Waals surface area contributed by atoms with Gasteiger partial charge in [-0.1, -0.05) is 42.5 Å². The Balaban J connectivity index is 1.98. The first-order chi connectivity index (χ1) is 8.83. The molecule has 18 heavy (non-hydrogen) atoms. The summed E-state index contributed by atoms with van der Waals surface area (Å²) in [4.78, 5) is 0. The maximum Gasteiger partial charge on any atom is 0.0519 e. The Morgan fingerprint density at radius 1 is 0.722 bits per heavy atom. The predicted molar refractivity (Wildman–Crippen MR) is 86.4 cm³/mol. The van der Waals surface area contributed by atoms with Gasteiger partial charge in [0.05, 0.1) is 5.69 Å². The van der Waals surface area contributed by atoms with Crippen molar-refractivity contribution in [2.75, 3.05) is 5.32 Å². The lowest BCUT2D eigenvalue weighted by Crippen LogP contribution is -1.92. The van der Waals surface area contributed by atoms with Crippen LogP contribution in [-0.2, 0) is 0 Å². The van der Waals surface area contributed by atoms with Gasteiger partial charge < -0.3 is 5.32 Å². The Labute approximate surface area is 120 Å². The molecule has 1 N–H and O–H groups in total. The molecule has 1 nitrogen and oxygen atoms in total. The number of halogens is 1. The van der Waals surface area contributed by atoms with Crippen LogP contribution < -0.4 is 5.32 Å². The van der Waals surface area contributed by atoms with Crippen LogP contribution in [0.15, 0.2) is 66.7 Å². The van der Waals surface area contributed by atoms with E-state index >= 15 is 0 Å². The third kappa shape index (κ3) is 2.34. The van der Waals surface area contributed by atoms with E-state index in [1.165, 1.54) is 14.3 Å². The number of fused-ring (bicyclic) bond motifs is 1. The molecule has 0 amide bonds. The second kappa shape index (κ2) is 4.98. The van der Waals surface area contributed by atoms with Gasteiger partial charge in [-0.25, -0.2) is 0 Å². The van der Waals surface area contributed by atoms with E-state index in [1.54, 1.807) is 0 Å². The molecule has 0 spiro atoms. The van der Waals surface area contributed by atoms with Crippen LogP contribution in [-0.4, -0.2) is 0 Å². The first kappa shape index (κ1) is 11.5. The zero-order valence-electron chi connectivity index (χ0n) is 9.73. The van der Waals surface area contributed by atoms with Crippen molar-refractivity contribution in [2.45, 2.75) is 0 Å². The van der Waals surface area contributed by atoms with Crippen molar-refractivity contribution >= 4 is 44.7 Å². The molecule has 0 radical (unpaired) electrons. The van der Waals surface area contributed by atoms with Crippen molar-refractivity contribution < 1.29 is 0 Å². The summed E-state index contributed by atoms with van der Waals surface area (Å²) in [6.07, 6.45) is 0. The van der Waals surface area contributed by atoms with Crippen molar-refractivity contribution in [3.63, 3.8) is 0 Å². The van der Waals surface area contributed by atoms with E-state index in [2.05, 4.69) is 82.5 Å². The van der Waals surface area contributed by atoms with Crippen molar-refractivity contribution in [1.29, 1.82) is 0 Å². The lowest BCUT2D eigenvalue weighted by Gasteiger charge is -2.09. The van der Waals surface area contributed by atoms with E-state index in [1.807, 2.05) is 12.1 Å². The molecule has 0 bridgehead atoms. The summed E-state index contributed by atoms with van der Waals surface area (Å²) in [5, 5.41) is 5.98. The second-order valence-corrected chi connectivity index (χ2v) is 5.33. The van der Waals surface area contributed by atoms with Gasteiger partial charge >= 0.3 is 0 Å². The van der Waals surface area contributed by atoms with Crippen LogP contribution in [0.25, 0.3) is 10.8 Å². The first-order valence-electron chi connectivity index (χ1n) is 5.83. The lowest BCUT2D eigenvalue weighted by atomic mass is 10.1. The summed E-state index contributed by atoms with van der Waals surface area (Å²) in [7, 11) is 0. The fourth-order valence-corrected chi connectivity index (χ4v) is 2.51. The maximum absolute atomic E-state index is 3.46. The number of para-hydroxylation sites is 1. The van der Waals surface area contributed by atoms with Crippen molar-refractivity contribution in [3.05, 3.63) is 70.3 Å². The number of anilines is 2. The Hall–Kier alpha value is -1.55. The van der Waals surface area contributed by atoms with E-state index in [-0.39, 0.29) is 0 Å². The summed E-state index contributed by atoms with van der Waals surface area (Å²) < 4.78 is 1.23. The van der Waals surface area contributed by atoms with Crippen LogP contribution in [0.5, 0.6) is 0 Å². The molecule has 0 fully saturated rings. The van der Waals surface area contributed by atoms with Crippen molar-refractivity contribution in [3.8, 4) is 0 Å². The molecular weight excluding hydrogens is 333 g/mol. The predicted octanol–water partition coefficient (Wildman–Crippen LogP) is 5.19. The first-order valence-corrected chi connectivity index (χ1v) is 6.91. The number of benzene rings is 3. The fraction of sp³-hybridized carbons (Fsp3) is 0. The summed E-state index contributed by atoms with van der Waals surface area (Å²) in [5.74, 6) is 0. The maximum atomic E-state index is 3.46. The Bertz CT molecular complexity index is 691. The summed E-state index contributed by atoms with van der Waals surface area (Å²) in [5.41, 5.74) is 2.27. The highest BCUT2D eigenvalue weighted by Gasteiger charge is 1.99. The standard InChI is InChI=1S/C16H12IN/c17-15-7-3-4-8-16(15)18-14-10-9-12-5-1-2-6-13(12)11-14/h1-11,18H. The minimum absolute atomic E-state index is 1.12. The molecule has 3 rings (SSSR count). The molecular formula is C16H12IN. The molecule has 0 aliphatic heterocycles. The molecule has 0 aromatic heterocycles. The monoisotopic (exact) mass is 345 g/mol. The fourth-order valence-electron chi connectivity index (χ4n) is 1.99. The summed E-state index contributed by atoms with van der Waals surface area (Å²) in [6.45, 7) is 0. The van der Waals surface area contributed by atoms with Gasteiger partial charge in [0.1, 0.15) is 0 Å². The van der Waals surface area contributed by atoms with Crippen LogP contribution >= 0.6 is 22.6 Å². The molecule has 88 valence electrons. The van der Waals surface area contributed by atoms with Gasteiger partial charge in [0.2, 0.25) is 0 Å².